The summed E-state index contributed by atoms with van der Waals surface area (Å²) in [5, 5.41) is 0.104. The fourth-order valence-electron chi connectivity index (χ4n) is 1.62. The Kier molecular flexibility index (Phi) is 4.20. The molecule has 2 atom stereocenters. The van der Waals surface area contributed by atoms with Gasteiger partial charge in [-0.15, -0.1) is 11.6 Å². The van der Waals surface area contributed by atoms with E-state index in [0.717, 1.165) is 19.4 Å². The van der Waals surface area contributed by atoms with Crippen molar-refractivity contribution in [3.05, 3.63) is 0 Å². The number of nitrogens with two attached hydrogens (primary N) is 1. The summed E-state index contributed by atoms with van der Waals surface area (Å²) in [6.07, 6.45) is 1.99. The van der Waals surface area contributed by atoms with Crippen LogP contribution in [0.5, 0.6) is 0 Å². The zero-order valence-electron chi connectivity index (χ0n) is 8.87. The maximum Gasteiger partial charge on any atom is 0.239 e. The molecule has 0 aromatic carbocycles. The molecular weight excluding hydrogens is 200 g/mol. The number of carbonyl (C=O) groups excluding carboxylic acids is 1. The van der Waals surface area contributed by atoms with Crippen molar-refractivity contribution >= 4 is 17.5 Å². The fourth-order valence-corrected chi connectivity index (χ4v) is 1.94. The third kappa shape index (κ3) is 2.85. The van der Waals surface area contributed by atoms with Crippen LogP contribution in [0.3, 0.4) is 0 Å². The number of hydrogen-bond acceptors (Lipinski definition) is 2. The van der Waals surface area contributed by atoms with E-state index in [2.05, 4.69) is 0 Å². The molecule has 0 aromatic heterocycles. The summed E-state index contributed by atoms with van der Waals surface area (Å²) >= 11 is 6.01. The molecule has 1 rings (SSSR count). The SMILES string of the molecule is CC(C)[C@H](N)C(=O)N1CCC[C@H](Cl)C1. The van der Waals surface area contributed by atoms with E-state index in [4.69, 9.17) is 17.3 Å². The first kappa shape index (κ1) is 11.8. The first-order valence-electron chi connectivity index (χ1n) is 5.20. The molecule has 0 spiro atoms. The lowest BCUT2D eigenvalue weighted by atomic mass is 10.0. The maximum atomic E-state index is 11.8. The van der Waals surface area contributed by atoms with Gasteiger partial charge in [0.05, 0.1) is 11.4 Å². The summed E-state index contributed by atoms with van der Waals surface area (Å²) in [6.45, 7) is 5.39. The number of likely N-dealkylation sites (tertiary alicyclic amines) is 1. The van der Waals surface area contributed by atoms with Crippen molar-refractivity contribution in [1.29, 1.82) is 0 Å². The highest BCUT2D eigenvalue weighted by atomic mass is 35.5. The van der Waals surface area contributed by atoms with Gasteiger partial charge in [0, 0.05) is 13.1 Å². The van der Waals surface area contributed by atoms with E-state index in [0.29, 0.717) is 6.54 Å². The third-order valence-corrected chi connectivity index (χ3v) is 3.04. The molecule has 1 aliphatic heterocycles. The molecule has 0 radical (unpaired) electrons. The van der Waals surface area contributed by atoms with Crippen LogP contribution in [-0.4, -0.2) is 35.3 Å². The van der Waals surface area contributed by atoms with Crippen LogP contribution in [0.25, 0.3) is 0 Å². The highest BCUT2D eigenvalue weighted by Crippen LogP contribution is 2.16. The minimum absolute atomic E-state index is 0.0466. The minimum atomic E-state index is -0.378. The molecule has 0 aliphatic carbocycles. The largest absolute Gasteiger partial charge is 0.340 e. The van der Waals surface area contributed by atoms with E-state index in [1.54, 1.807) is 4.90 Å². The Hall–Kier alpha value is -0.280. The van der Waals surface area contributed by atoms with Crippen LogP contribution < -0.4 is 5.73 Å². The van der Waals surface area contributed by atoms with Crippen LogP contribution in [0.1, 0.15) is 26.7 Å². The van der Waals surface area contributed by atoms with Crippen molar-refractivity contribution in [3.63, 3.8) is 0 Å². The van der Waals surface area contributed by atoms with Crippen molar-refractivity contribution in [1.82, 2.24) is 4.90 Å². The predicted molar refractivity (Wildman–Crippen MR) is 58.3 cm³/mol. The van der Waals surface area contributed by atoms with Gasteiger partial charge in [-0.3, -0.25) is 4.79 Å². The van der Waals surface area contributed by atoms with Gasteiger partial charge >= 0.3 is 0 Å². The smallest absolute Gasteiger partial charge is 0.239 e. The van der Waals surface area contributed by atoms with Crippen LogP contribution in [0, 0.1) is 5.92 Å². The number of halogens is 1. The molecule has 1 amide bonds. The van der Waals surface area contributed by atoms with Crippen LogP contribution >= 0.6 is 11.6 Å². The first-order valence-corrected chi connectivity index (χ1v) is 5.64. The number of carbonyl (C=O) groups is 1. The number of piperidine rings is 1. The van der Waals surface area contributed by atoms with Crippen molar-refractivity contribution in [3.8, 4) is 0 Å². The quantitative estimate of drug-likeness (QED) is 0.708. The van der Waals surface area contributed by atoms with Crippen molar-refractivity contribution in [2.75, 3.05) is 13.1 Å². The van der Waals surface area contributed by atoms with Crippen LogP contribution in [-0.2, 0) is 4.79 Å². The lowest BCUT2D eigenvalue weighted by Gasteiger charge is -2.32. The Balaban J connectivity index is 2.51. The van der Waals surface area contributed by atoms with Crippen LogP contribution in [0.4, 0.5) is 0 Å². The number of amides is 1. The standard InChI is InChI=1S/C10H19ClN2O/c1-7(2)9(12)10(14)13-5-3-4-8(11)6-13/h7-9H,3-6,12H2,1-2H3/t8-,9-/m0/s1. The summed E-state index contributed by atoms with van der Waals surface area (Å²) in [6, 6.07) is -0.378. The Morgan fingerprint density at radius 2 is 2.21 bits per heavy atom. The highest BCUT2D eigenvalue weighted by Gasteiger charge is 2.27. The minimum Gasteiger partial charge on any atom is -0.340 e. The molecule has 1 saturated heterocycles. The van der Waals surface area contributed by atoms with Gasteiger partial charge in [-0.25, -0.2) is 0 Å². The van der Waals surface area contributed by atoms with Crippen LogP contribution in [0.15, 0.2) is 0 Å². The molecule has 1 fully saturated rings. The summed E-state index contributed by atoms with van der Waals surface area (Å²) in [4.78, 5) is 13.6. The Bertz CT molecular complexity index is 208. The molecule has 1 heterocycles. The molecule has 0 saturated carbocycles. The van der Waals surface area contributed by atoms with Gasteiger partial charge in [0.25, 0.3) is 0 Å². The normalized spacial score (nSPS) is 25.2. The van der Waals surface area contributed by atoms with E-state index in [1.807, 2.05) is 13.8 Å². The van der Waals surface area contributed by atoms with Gasteiger partial charge in [0.1, 0.15) is 0 Å². The number of nitrogens with zero attached hydrogens (tertiary/aromatic N) is 1. The zero-order chi connectivity index (χ0) is 10.7. The molecule has 82 valence electrons. The molecule has 2 N–H and O–H groups in total. The second-order valence-electron chi connectivity index (χ2n) is 4.29. The van der Waals surface area contributed by atoms with E-state index < -0.39 is 0 Å². The lowest BCUT2D eigenvalue weighted by molar-refractivity contribution is -0.134. The van der Waals surface area contributed by atoms with Gasteiger partial charge in [-0.05, 0) is 18.8 Å². The number of hydrogen-bond donors (Lipinski definition) is 1. The van der Waals surface area contributed by atoms with E-state index in [1.165, 1.54) is 0 Å². The van der Waals surface area contributed by atoms with Gasteiger partial charge in [-0.1, -0.05) is 13.8 Å². The predicted octanol–water partition coefficient (Wildman–Crippen LogP) is 1.20. The summed E-state index contributed by atoms with van der Waals surface area (Å²) in [7, 11) is 0. The maximum absolute atomic E-state index is 11.8. The van der Waals surface area contributed by atoms with Crippen LogP contribution in [0.2, 0.25) is 0 Å². The monoisotopic (exact) mass is 218 g/mol. The topological polar surface area (TPSA) is 46.3 Å². The molecule has 3 nitrogen and oxygen atoms in total. The van der Waals surface area contributed by atoms with E-state index in [9.17, 15) is 4.79 Å². The van der Waals surface area contributed by atoms with E-state index >= 15 is 0 Å². The molecule has 0 aromatic rings. The van der Waals surface area contributed by atoms with Crippen molar-refractivity contribution in [2.45, 2.75) is 38.1 Å². The zero-order valence-corrected chi connectivity index (χ0v) is 9.63. The van der Waals surface area contributed by atoms with Gasteiger partial charge in [-0.2, -0.15) is 0 Å². The Morgan fingerprint density at radius 1 is 1.57 bits per heavy atom. The average Bonchev–Trinajstić information content (AvgIpc) is 2.15. The highest BCUT2D eigenvalue weighted by molar-refractivity contribution is 6.20. The fraction of sp³-hybridized carbons (Fsp3) is 0.900. The molecule has 1 aliphatic rings. The van der Waals surface area contributed by atoms with Crippen molar-refractivity contribution < 1.29 is 4.79 Å². The Labute approximate surface area is 90.6 Å². The molecule has 14 heavy (non-hydrogen) atoms. The van der Waals surface area contributed by atoms with Gasteiger partial charge < -0.3 is 10.6 Å². The Morgan fingerprint density at radius 3 is 2.71 bits per heavy atom. The molecule has 0 unspecified atom stereocenters. The summed E-state index contributed by atoms with van der Waals surface area (Å²) < 4.78 is 0. The van der Waals surface area contributed by atoms with Gasteiger partial charge in [0.2, 0.25) is 5.91 Å². The second kappa shape index (κ2) is 4.99. The molecule has 4 heteroatoms. The van der Waals surface area contributed by atoms with Crippen molar-refractivity contribution in [2.24, 2.45) is 11.7 Å². The molecule has 0 bridgehead atoms. The molecular formula is C10H19ClN2O. The average molecular weight is 219 g/mol. The first-order chi connectivity index (χ1) is 6.52. The third-order valence-electron chi connectivity index (χ3n) is 2.68. The second-order valence-corrected chi connectivity index (χ2v) is 4.91. The number of rotatable bonds is 2. The number of alkyl halides is 1. The lowest BCUT2D eigenvalue weighted by Crippen LogP contribution is -2.50. The summed E-state index contributed by atoms with van der Waals surface area (Å²) in [5.74, 6) is 0.239. The summed E-state index contributed by atoms with van der Waals surface area (Å²) in [5.41, 5.74) is 5.80. The van der Waals surface area contributed by atoms with E-state index in [-0.39, 0.29) is 23.2 Å². The van der Waals surface area contributed by atoms with Gasteiger partial charge in [0.15, 0.2) is 0 Å².